The Morgan fingerprint density at radius 3 is 2.62 bits per heavy atom. The van der Waals surface area contributed by atoms with Crippen molar-refractivity contribution in [3.63, 3.8) is 0 Å². The summed E-state index contributed by atoms with van der Waals surface area (Å²) in [6.45, 7) is 0. The Morgan fingerprint density at radius 2 is 1.76 bits per heavy atom. The maximum absolute atomic E-state index is 4.07. The van der Waals surface area contributed by atoms with Crippen molar-refractivity contribution < 1.29 is 0 Å². The van der Waals surface area contributed by atoms with Crippen molar-refractivity contribution in [1.29, 1.82) is 0 Å². The highest BCUT2D eigenvalue weighted by atomic mass is 79.9. The average molecular weight is 406 g/mol. The minimum absolute atomic E-state index is 0.106. The molecule has 108 valence electrons. The fourth-order valence-corrected chi connectivity index (χ4v) is 5.39. The van der Waals surface area contributed by atoms with Gasteiger partial charge in [-0.2, -0.15) is 0 Å². The summed E-state index contributed by atoms with van der Waals surface area (Å²) in [7, 11) is 0. The highest BCUT2D eigenvalue weighted by Gasteiger charge is 2.39. The van der Waals surface area contributed by atoms with Gasteiger partial charge in [0.05, 0.1) is 4.32 Å². The van der Waals surface area contributed by atoms with Crippen LogP contribution in [0.25, 0.3) is 11.1 Å². The van der Waals surface area contributed by atoms with Crippen molar-refractivity contribution in [2.24, 2.45) is 0 Å². The molecular formula is C19H18Br2. The molecule has 0 aromatic heterocycles. The van der Waals surface area contributed by atoms with Crippen LogP contribution in [0.15, 0.2) is 42.5 Å². The van der Waals surface area contributed by atoms with Gasteiger partial charge in [0.1, 0.15) is 0 Å². The van der Waals surface area contributed by atoms with Crippen LogP contribution in [0.2, 0.25) is 0 Å². The summed E-state index contributed by atoms with van der Waals surface area (Å²) < 4.78 is 0.106. The van der Waals surface area contributed by atoms with E-state index in [2.05, 4.69) is 74.3 Å². The van der Waals surface area contributed by atoms with E-state index >= 15 is 0 Å². The molecule has 1 fully saturated rings. The van der Waals surface area contributed by atoms with Crippen molar-refractivity contribution >= 4 is 31.9 Å². The molecule has 0 spiro atoms. The lowest BCUT2D eigenvalue weighted by molar-refractivity contribution is 0.433. The highest BCUT2D eigenvalue weighted by molar-refractivity contribution is 9.12. The minimum Gasteiger partial charge on any atom is -0.0872 e. The van der Waals surface area contributed by atoms with Gasteiger partial charge in [0.15, 0.2) is 0 Å². The Bertz CT molecular complexity index is 692. The molecule has 2 atom stereocenters. The van der Waals surface area contributed by atoms with E-state index in [4.69, 9.17) is 0 Å². The molecule has 0 bridgehead atoms. The predicted octanol–water partition coefficient (Wildman–Crippen LogP) is 6.19. The van der Waals surface area contributed by atoms with E-state index in [1.165, 1.54) is 53.5 Å². The predicted molar refractivity (Wildman–Crippen MR) is 96.5 cm³/mol. The third-order valence-electron chi connectivity index (χ3n) is 5.02. The fourth-order valence-electron chi connectivity index (χ4n) is 3.82. The number of rotatable bonds is 1. The summed E-state index contributed by atoms with van der Waals surface area (Å²) in [5, 5.41) is 0. The van der Waals surface area contributed by atoms with Crippen molar-refractivity contribution in [3.8, 4) is 11.1 Å². The normalized spacial score (nSPS) is 27.2. The van der Waals surface area contributed by atoms with Crippen molar-refractivity contribution in [2.75, 3.05) is 0 Å². The van der Waals surface area contributed by atoms with Crippen molar-refractivity contribution in [2.45, 2.75) is 41.3 Å². The molecule has 0 saturated heterocycles. The van der Waals surface area contributed by atoms with Gasteiger partial charge in [-0.1, -0.05) is 87.2 Å². The zero-order valence-corrected chi connectivity index (χ0v) is 15.1. The molecule has 0 amide bonds. The second-order valence-corrected chi connectivity index (χ2v) is 8.80. The summed E-state index contributed by atoms with van der Waals surface area (Å²) in [6.07, 6.45) is 6.19. The summed E-state index contributed by atoms with van der Waals surface area (Å²) in [5.74, 6) is 0. The number of benzene rings is 2. The van der Waals surface area contributed by atoms with Crippen LogP contribution in [-0.4, -0.2) is 4.83 Å². The summed E-state index contributed by atoms with van der Waals surface area (Å²) in [5.41, 5.74) is 7.23. The maximum Gasteiger partial charge on any atom is 0.0630 e. The van der Waals surface area contributed by atoms with Crippen LogP contribution in [-0.2, 0) is 10.7 Å². The smallest absolute Gasteiger partial charge is 0.0630 e. The molecule has 2 aromatic rings. The summed E-state index contributed by atoms with van der Waals surface area (Å²) >= 11 is 7.98. The van der Waals surface area contributed by atoms with E-state index in [1.54, 1.807) is 0 Å². The number of hydrogen-bond acceptors (Lipinski definition) is 0. The Balaban J connectivity index is 1.76. The van der Waals surface area contributed by atoms with E-state index in [-0.39, 0.29) is 4.32 Å². The monoisotopic (exact) mass is 404 g/mol. The lowest BCUT2D eigenvalue weighted by Gasteiger charge is -2.37. The largest absolute Gasteiger partial charge is 0.0872 e. The minimum atomic E-state index is 0.106. The molecule has 0 N–H and O–H groups in total. The van der Waals surface area contributed by atoms with Gasteiger partial charge in [-0.05, 0) is 47.1 Å². The Hall–Kier alpha value is -0.600. The van der Waals surface area contributed by atoms with Gasteiger partial charge >= 0.3 is 0 Å². The first-order valence-electron chi connectivity index (χ1n) is 7.73. The number of halogens is 2. The van der Waals surface area contributed by atoms with E-state index in [9.17, 15) is 0 Å². The molecule has 0 nitrogen and oxygen atoms in total. The topological polar surface area (TPSA) is 0 Å². The number of fused-ring (bicyclic) bond motifs is 3. The number of alkyl halides is 2. The van der Waals surface area contributed by atoms with Crippen molar-refractivity contribution in [1.82, 2.24) is 0 Å². The van der Waals surface area contributed by atoms with Crippen molar-refractivity contribution in [3.05, 3.63) is 59.2 Å². The maximum atomic E-state index is 4.07. The SMILES string of the molecule is BrC1CCCCC1(Br)c1ccc2c(c1)Cc1ccccc1-2. The third kappa shape index (κ3) is 2.22. The molecule has 21 heavy (non-hydrogen) atoms. The average Bonchev–Trinajstić information content (AvgIpc) is 2.88. The lowest BCUT2D eigenvalue weighted by atomic mass is 9.82. The Morgan fingerprint density at radius 1 is 0.952 bits per heavy atom. The lowest BCUT2D eigenvalue weighted by Crippen LogP contribution is -2.32. The van der Waals surface area contributed by atoms with Crippen LogP contribution in [0.4, 0.5) is 0 Å². The molecule has 2 aliphatic carbocycles. The van der Waals surface area contributed by atoms with Crippen LogP contribution < -0.4 is 0 Å². The Kier molecular flexibility index (Phi) is 3.50. The van der Waals surface area contributed by atoms with Crippen LogP contribution >= 0.6 is 31.9 Å². The highest BCUT2D eigenvalue weighted by Crippen LogP contribution is 2.49. The van der Waals surface area contributed by atoms with E-state index < -0.39 is 0 Å². The fraction of sp³-hybridized carbons (Fsp3) is 0.368. The summed E-state index contributed by atoms with van der Waals surface area (Å²) in [4.78, 5) is 0.528. The first-order valence-corrected chi connectivity index (χ1v) is 9.44. The van der Waals surface area contributed by atoms with Gasteiger partial charge in [-0.3, -0.25) is 0 Å². The van der Waals surface area contributed by atoms with E-state index in [0.29, 0.717) is 4.83 Å². The molecule has 2 aromatic carbocycles. The van der Waals surface area contributed by atoms with Crippen LogP contribution in [0.1, 0.15) is 42.4 Å². The molecule has 0 heterocycles. The van der Waals surface area contributed by atoms with Crippen LogP contribution in [0, 0.1) is 0 Å². The van der Waals surface area contributed by atoms with Gasteiger partial charge < -0.3 is 0 Å². The zero-order chi connectivity index (χ0) is 14.4. The molecule has 0 aliphatic heterocycles. The zero-order valence-electron chi connectivity index (χ0n) is 11.9. The third-order valence-corrected chi connectivity index (χ3v) is 8.28. The molecule has 1 saturated carbocycles. The molecule has 4 rings (SSSR count). The second kappa shape index (κ2) is 5.24. The van der Waals surface area contributed by atoms with Gasteiger partial charge in [-0.25, -0.2) is 0 Å². The second-order valence-electron chi connectivity index (χ2n) is 6.28. The van der Waals surface area contributed by atoms with Gasteiger partial charge in [-0.15, -0.1) is 0 Å². The van der Waals surface area contributed by atoms with Gasteiger partial charge in [0.25, 0.3) is 0 Å². The van der Waals surface area contributed by atoms with Gasteiger partial charge in [0.2, 0.25) is 0 Å². The molecule has 2 aliphatic rings. The standard InChI is InChI=1S/C19H18Br2/c20-18-7-3-4-10-19(18,21)15-8-9-17-14(12-15)11-13-5-1-2-6-16(13)17/h1-2,5-6,8-9,12,18H,3-4,7,10-11H2. The summed E-state index contributed by atoms with van der Waals surface area (Å²) in [6, 6.07) is 15.9. The first kappa shape index (κ1) is 14.0. The molecule has 2 unspecified atom stereocenters. The van der Waals surface area contributed by atoms with E-state index in [0.717, 1.165) is 6.42 Å². The molecule has 0 radical (unpaired) electrons. The molecule has 2 heteroatoms. The van der Waals surface area contributed by atoms with Gasteiger partial charge in [0, 0.05) is 4.83 Å². The molecular weight excluding hydrogens is 388 g/mol. The number of hydrogen-bond donors (Lipinski definition) is 0. The van der Waals surface area contributed by atoms with Crippen LogP contribution in [0.5, 0.6) is 0 Å². The van der Waals surface area contributed by atoms with Crippen LogP contribution in [0.3, 0.4) is 0 Å². The first-order chi connectivity index (χ1) is 10.2. The quantitative estimate of drug-likeness (QED) is 0.423. The Labute approximate surface area is 143 Å². The van der Waals surface area contributed by atoms with E-state index in [1.807, 2.05) is 0 Å².